The van der Waals surface area contributed by atoms with Gasteiger partial charge in [-0.05, 0) is 41.4 Å². The van der Waals surface area contributed by atoms with E-state index in [-0.39, 0.29) is 0 Å². The van der Waals surface area contributed by atoms with E-state index in [2.05, 4.69) is 103 Å². The van der Waals surface area contributed by atoms with Crippen molar-refractivity contribution in [2.75, 3.05) is 0 Å². The number of hydrogen-bond acceptors (Lipinski definition) is 0. The summed E-state index contributed by atoms with van der Waals surface area (Å²) in [5.41, 5.74) is 0. The summed E-state index contributed by atoms with van der Waals surface area (Å²) in [4.78, 5) is 0. The molecule has 0 N–H and O–H groups in total. The van der Waals surface area contributed by atoms with Crippen LogP contribution in [0.25, 0.3) is 0 Å². The Bertz CT molecular complexity index is 303. The van der Waals surface area contributed by atoms with Gasteiger partial charge in [0.1, 0.15) is 13.4 Å². The maximum atomic E-state index is 2.42. The Hall–Kier alpha value is 0.130. The monoisotopic (exact) mass is 364 g/mol. The molecule has 0 aromatic carbocycles. The standard InChI is InChI=1S/C13H29B.C11H25B/c1-9(2)10(3)11(4)12(5)13(6)14(7)8;1-8(2)9(3)10(4)11(5)12(6)7/h9-13H,1-8H3;8-11H,1-7H3. The molecule has 0 nitrogen and oxygen atoms in total. The van der Waals surface area contributed by atoms with Crippen molar-refractivity contribution in [2.24, 2.45) is 41.4 Å². The van der Waals surface area contributed by atoms with Crippen LogP contribution in [0, 0.1) is 41.4 Å². The molecule has 7 unspecified atom stereocenters. The van der Waals surface area contributed by atoms with Crippen molar-refractivity contribution in [3.63, 3.8) is 0 Å². The molecule has 0 aliphatic heterocycles. The fourth-order valence-corrected chi connectivity index (χ4v) is 3.86. The summed E-state index contributed by atoms with van der Waals surface area (Å²) in [5.74, 6) is 7.54. The van der Waals surface area contributed by atoms with Crippen LogP contribution >= 0.6 is 0 Å². The lowest BCUT2D eigenvalue weighted by molar-refractivity contribution is 0.218. The van der Waals surface area contributed by atoms with Gasteiger partial charge in [-0.15, -0.1) is 0 Å². The van der Waals surface area contributed by atoms with Gasteiger partial charge in [0.15, 0.2) is 0 Å². The van der Waals surface area contributed by atoms with E-state index in [0.717, 1.165) is 66.5 Å². The molecule has 26 heavy (non-hydrogen) atoms. The van der Waals surface area contributed by atoms with Crippen LogP contribution in [0.4, 0.5) is 0 Å². The van der Waals surface area contributed by atoms with Gasteiger partial charge in [-0.2, -0.15) is 0 Å². The topological polar surface area (TPSA) is 0 Å². The Morgan fingerprint density at radius 2 is 0.577 bits per heavy atom. The summed E-state index contributed by atoms with van der Waals surface area (Å²) < 4.78 is 0. The van der Waals surface area contributed by atoms with Crippen LogP contribution in [-0.2, 0) is 0 Å². The van der Waals surface area contributed by atoms with E-state index >= 15 is 0 Å². The molecule has 0 aliphatic rings. The van der Waals surface area contributed by atoms with Crippen molar-refractivity contribution in [3.8, 4) is 0 Å². The molecule has 0 aromatic heterocycles. The lowest BCUT2D eigenvalue weighted by Gasteiger charge is -2.33. The predicted molar refractivity (Wildman–Crippen MR) is 129 cm³/mol. The van der Waals surface area contributed by atoms with Crippen LogP contribution in [0.1, 0.15) is 76.2 Å². The molecule has 0 aliphatic carbocycles. The summed E-state index contributed by atoms with van der Waals surface area (Å²) in [6, 6.07) is 0. The van der Waals surface area contributed by atoms with Crippen LogP contribution in [0.2, 0.25) is 38.9 Å². The molecule has 0 aromatic rings. The van der Waals surface area contributed by atoms with Gasteiger partial charge < -0.3 is 0 Å². The molecule has 0 saturated heterocycles. The molecule has 0 spiro atoms. The van der Waals surface area contributed by atoms with Gasteiger partial charge >= 0.3 is 0 Å². The summed E-state index contributed by atoms with van der Waals surface area (Å²) in [7, 11) is 0. The molecular weight excluding hydrogens is 310 g/mol. The van der Waals surface area contributed by atoms with E-state index in [1.807, 2.05) is 0 Å². The van der Waals surface area contributed by atoms with E-state index in [9.17, 15) is 0 Å². The van der Waals surface area contributed by atoms with Gasteiger partial charge in [-0.3, -0.25) is 0 Å². The van der Waals surface area contributed by atoms with E-state index in [1.54, 1.807) is 0 Å². The molecule has 0 amide bonds. The minimum absolute atomic E-state index is 0.812. The Morgan fingerprint density at radius 1 is 0.346 bits per heavy atom. The highest BCUT2D eigenvalue weighted by molar-refractivity contribution is 6.57. The highest BCUT2D eigenvalue weighted by Gasteiger charge is 2.27. The fourth-order valence-electron chi connectivity index (χ4n) is 3.86. The van der Waals surface area contributed by atoms with Gasteiger partial charge in [0.2, 0.25) is 0 Å². The molecule has 0 saturated carbocycles. The number of rotatable bonds is 9. The maximum absolute atomic E-state index is 2.42. The third kappa shape index (κ3) is 9.89. The molecular formula is C24H54B2. The lowest BCUT2D eigenvalue weighted by atomic mass is 9.41. The van der Waals surface area contributed by atoms with Gasteiger partial charge in [0, 0.05) is 0 Å². The third-order valence-corrected chi connectivity index (χ3v) is 8.35. The van der Waals surface area contributed by atoms with Crippen molar-refractivity contribution < 1.29 is 0 Å². The van der Waals surface area contributed by atoms with Crippen molar-refractivity contribution in [1.29, 1.82) is 0 Å². The quantitative estimate of drug-likeness (QED) is 0.359. The molecule has 2 heteroatoms. The largest absolute Gasteiger partial charge is 0.136 e. The zero-order chi connectivity index (χ0) is 21.4. The van der Waals surface area contributed by atoms with E-state index < -0.39 is 0 Å². The highest BCUT2D eigenvalue weighted by Crippen LogP contribution is 2.35. The minimum Gasteiger partial charge on any atom is -0.0861 e. The third-order valence-electron chi connectivity index (χ3n) is 8.35. The zero-order valence-electron chi connectivity index (χ0n) is 21.4. The number of hydrogen-bond donors (Lipinski definition) is 0. The SMILES string of the molecule is CB(C)C(C)C(C)C(C)C(C)C.CB(C)C(C)C(C)C(C)C(C)C(C)C. The van der Waals surface area contributed by atoms with E-state index in [1.165, 1.54) is 0 Å². The molecule has 7 atom stereocenters. The van der Waals surface area contributed by atoms with E-state index in [0.29, 0.717) is 0 Å². The first-order chi connectivity index (χ1) is 11.7. The normalized spacial score (nSPS) is 19.7. The second-order valence-electron chi connectivity index (χ2n) is 11.0. The van der Waals surface area contributed by atoms with Gasteiger partial charge in [0.25, 0.3) is 0 Å². The van der Waals surface area contributed by atoms with Crippen LogP contribution in [0.15, 0.2) is 0 Å². The molecule has 0 radical (unpaired) electrons. The highest BCUT2D eigenvalue weighted by atomic mass is 14.3. The Kier molecular flexibility index (Phi) is 14.5. The Balaban J connectivity index is 0. The average Bonchev–Trinajstić information content (AvgIpc) is 2.56. The van der Waals surface area contributed by atoms with E-state index in [4.69, 9.17) is 0 Å². The zero-order valence-corrected chi connectivity index (χ0v) is 21.4. The fraction of sp³-hybridized carbons (Fsp3) is 1.00. The van der Waals surface area contributed by atoms with Gasteiger partial charge in [-0.25, -0.2) is 0 Å². The first-order valence-corrected chi connectivity index (χ1v) is 11.7. The lowest BCUT2D eigenvalue weighted by Crippen LogP contribution is -2.27. The first-order valence-electron chi connectivity index (χ1n) is 11.7. The molecule has 0 bridgehead atoms. The second kappa shape index (κ2) is 13.3. The minimum atomic E-state index is 0.812. The van der Waals surface area contributed by atoms with Crippen LogP contribution < -0.4 is 0 Å². The second-order valence-corrected chi connectivity index (χ2v) is 11.0. The first kappa shape index (κ1) is 28.3. The summed E-state index contributed by atoms with van der Waals surface area (Å²) in [6.45, 7) is 37.1. The van der Waals surface area contributed by atoms with Gasteiger partial charge in [0.05, 0.1) is 0 Å². The van der Waals surface area contributed by atoms with Crippen LogP contribution in [0.5, 0.6) is 0 Å². The van der Waals surface area contributed by atoms with Crippen molar-refractivity contribution in [2.45, 2.75) is 115 Å². The average molecular weight is 364 g/mol. The molecule has 0 fully saturated rings. The smallest absolute Gasteiger partial charge is 0.0861 e. The maximum Gasteiger partial charge on any atom is 0.136 e. The summed E-state index contributed by atoms with van der Waals surface area (Å²) in [5, 5.41) is 0. The molecule has 156 valence electrons. The van der Waals surface area contributed by atoms with Gasteiger partial charge in [-0.1, -0.05) is 115 Å². The van der Waals surface area contributed by atoms with Crippen LogP contribution in [-0.4, -0.2) is 13.4 Å². The summed E-state index contributed by atoms with van der Waals surface area (Å²) in [6.07, 6.45) is 0. The van der Waals surface area contributed by atoms with Crippen molar-refractivity contribution in [3.05, 3.63) is 0 Å². The Labute approximate surface area is 170 Å². The van der Waals surface area contributed by atoms with Crippen LogP contribution in [0.3, 0.4) is 0 Å². The summed E-state index contributed by atoms with van der Waals surface area (Å²) >= 11 is 0. The van der Waals surface area contributed by atoms with Crippen molar-refractivity contribution >= 4 is 13.4 Å². The molecule has 0 rings (SSSR count). The molecule has 0 heterocycles. The Morgan fingerprint density at radius 3 is 0.808 bits per heavy atom. The predicted octanol–water partition coefficient (Wildman–Crippen LogP) is 8.75. The van der Waals surface area contributed by atoms with Crippen molar-refractivity contribution in [1.82, 2.24) is 0 Å².